The summed E-state index contributed by atoms with van der Waals surface area (Å²) in [5.74, 6) is 2.64. The third kappa shape index (κ3) is 2.43. The molecule has 68 valence electrons. The fourth-order valence-electron chi connectivity index (χ4n) is 1.50. The van der Waals surface area contributed by atoms with Gasteiger partial charge in [-0.2, -0.15) is 11.8 Å². The summed E-state index contributed by atoms with van der Waals surface area (Å²) in [6, 6.07) is 0. The minimum Gasteiger partial charge on any atom is -0.314 e. The molecule has 1 nitrogen and oxygen atoms in total. The van der Waals surface area contributed by atoms with Crippen molar-refractivity contribution in [3.8, 4) is 12.3 Å². The molecular weight excluding hydrogens is 166 g/mol. The Kier molecular flexibility index (Phi) is 3.97. The van der Waals surface area contributed by atoms with Gasteiger partial charge in [-0.25, -0.2) is 0 Å². The van der Waals surface area contributed by atoms with Gasteiger partial charge < -0.3 is 5.32 Å². The van der Waals surface area contributed by atoms with Crippen LogP contribution in [0.2, 0.25) is 0 Å². The number of rotatable bonds is 5. The lowest BCUT2D eigenvalue weighted by molar-refractivity contribution is 0.347. The molecule has 0 unspecified atom stereocenters. The van der Waals surface area contributed by atoms with Crippen molar-refractivity contribution in [1.29, 1.82) is 0 Å². The summed E-state index contributed by atoms with van der Waals surface area (Å²) in [6.45, 7) is 2.11. The molecule has 2 heteroatoms. The molecule has 12 heavy (non-hydrogen) atoms. The Hall–Kier alpha value is -0.130. The maximum atomic E-state index is 5.16. The van der Waals surface area contributed by atoms with Crippen LogP contribution in [0.3, 0.4) is 0 Å². The van der Waals surface area contributed by atoms with Gasteiger partial charge in [0.05, 0.1) is 0 Å². The van der Waals surface area contributed by atoms with Gasteiger partial charge in [0.1, 0.15) is 0 Å². The molecule has 0 spiro atoms. The number of terminal acetylenes is 1. The van der Waals surface area contributed by atoms with Crippen molar-refractivity contribution < 1.29 is 0 Å². The van der Waals surface area contributed by atoms with Crippen molar-refractivity contribution in [3.63, 3.8) is 0 Å². The highest BCUT2D eigenvalue weighted by Crippen LogP contribution is 2.41. The second-order valence-corrected chi connectivity index (χ2v) is 4.65. The Morgan fingerprint density at radius 1 is 1.58 bits per heavy atom. The first kappa shape index (κ1) is 9.95. The Bertz CT molecular complexity index is 162. The number of hydrogen-bond acceptors (Lipinski definition) is 2. The number of thioether (sulfide) groups is 1. The van der Waals surface area contributed by atoms with Gasteiger partial charge in [-0.1, -0.05) is 6.42 Å². The zero-order valence-electron chi connectivity index (χ0n) is 7.73. The summed E-state index contributed by atoms with van der Waals surface area (Å²) in [6.07, 6.45) is 12.4. The molecule has 0 aromatic rings. The molecule has 0 saturated heterocycles. The molecule has 0 aromatic carbocycles. The van der Waals surface area contributed by atoms with Crippen LogP contribution in [0.1, 0.15) is 25.7 Å². The summed E-state index contributed by atoms with van der Waals surface area (Å²) in [7, 11) is 0. The first-order chi connectivity index (χ1) is 5.83. The molecule has 0 amide bonds. The Morgan fingerprint density at radius 3 is 2.75 bits per heavy atom. The SMILES string of the molecule is C#CCCNCC1(SC)CCC1. The van der Waals surface area contributed by atoms with Gasteiger partial charge in [0, 0.05) is 24.3 Å². The number of nitrogens with one attached hydrogen (secondary N) is 1. The highest BCUT2D eigenvalue weighted by molar-refractivity contribution is 8.00. The van der Waals surface area contributed by atoms with E-state index in [0.29, 0.717) is 4.75 Å². The normalized spacial score (nSPS) is 19.7. The molecule has 0 atom stereocenters. The number of hydrogen-bond donors (Lipinski definition) is 1. The minimum atomic E-state index is 0.550. The van der Waals surface area contributed by atoms with E-state index < -0.39 is 0 Å². The quantitative estimate of drug-likeness (QED) is 0.516. The molecule has 0 heterocycles. The molecule has 0 aromatic heterocycles. The lowest BCUT2D eigenvalue weighted by Crippen LogP contribution is -2.43. The van der Waals surface area contributed by atoms with Crippen molar-refractivity contribution >= 4 is 11.8 Å². The van der Waals surface area contributed by atoms with Crippen molar-refractivity contribution in [2.75, 3.05) is 19.3 Å². The van der Waals surface area contributed by atoms with Gasteiger partial charge in [0.15, 0.2) is 0 Å². The summed E-state index contributed by atoms with van der Waals surface area (Å²) >= 11 is 2.00. The van der Waals surface area contributed by atoms with E-state index in [4.69, 9.17) is 6.42 Å². The smallest absolute Gasteiger partial charge is 0.0281 e. The first-order valence-electron chi connectivity index (χ1n) is 4.52. The molecule has 0 radical (unpaired) electrons. The maximum Gasteiger partial charge on any atom is 0.0281 e. The largest absolute Gasteiger partial charge is 0.314 e. The Morgan fingerprint density at radius 2 is 2.33 bits per heavy atom. The summed E-state index contributed by atoms with van der Waals surface area (Å²) in [5.41, 5.74) is 0. The third-order valence-electron chi connectivity index (χ3n) is 2.59. The molecule has 0 aliphatic heterocycles. The van der Waals surface area contributed by atoms with E-state index in [1.54, 1.807) is 0 Å². The van der Waals surface area contributed by atoms with Crippen LogP contribution in [0.4, 0.5) is 0 Å². The van der Waals surface area contributed by atoms with Crippen molar-refractivity contribution in [2.45, 2.75) is 30.4 Å². The molecule has 1 aliphatic carbocycles. The molecular formula is C10H17NS. The Labute approximate surface area is 79.7 Å². The molecule has 1 fully saturated rings. The summed E-state index contributed by atoms with van der Waals surface area (Å²) < 4.78 is 0.550. The summed E-state index contributed by atoms with van der Waals surface area (Å²) in [5, 5.41) is 3.42. The van der Waals surface area contributed by atoms with Gasteiger partial charge in [0.2, 0.25) is 0 Å². The molecule has 1 N–H and O–H groups in total. The van der Waals surface area contributed by atoms with Crippen molar-refractivity contribution in [2.24, 2.45) is 0 Å². The Balaban J connectivity index is 2.09. The van der Waals surface area contributed by atoms with Gasteiger partial charge in [0.25, 0.3) is 0 Å². The van der Waals surface area contributed by atoms with Gasteiger partial charge in [-0.3, -0.25) is 0 Å². The predicted molar refractivity (Wildman–Crippen MR) is 56.4 cm³/mol. The first-order valence-corrected chi connectivity index (χ1v) is 5.75. The van der Waals surface area contributed by atoms with Crippen LogP contribution in [0.5, 0.6) is 0 Å². The van der Waals surface area contributed by atoms with E-state index in [1.807, 2.05) is 11.8 Å². The maximum absolute atomic E-state index is 5.16. The highest BCUT2D eigenvalue weighted by Gasteiger charge is 2.35. The lowest BCUT2D eigenvalue weighted by Gasteiger charge is -2.40. The van der Waals surface area contributed by atoms with Gasteiger partial charge in [-0.05, 0) is 19.1 Å². The highest BCUT2D eigenvalue weighted by atomic mass is 32.2. The summed E-state index contributed by atoms with van der Waals surface area (Å²) in [4.78, 5) is 0. The fraction of sp³-hybridized carbons (Fsp3) is 0.800. The van der Waals surface area contributed by atoms with Crippen LogP contribution < -0.4 is 5.32 Å². The van der Waals surface area contributed by atoms with Crippen LogP contribution in [0.25, 0.3) is 0 Å². The molecule has 1 saturated carbocycles. The third-order valence-corrected chi connectivity index (χ3v) is 4.01. The average Bonchev–Trinajstić information content (AvgIpc) is 2.02. The van der Waals surface area contributed by atoms with Crippen molar-refractivity contribution in [1.82, 2.24) is 5.32 Å². The zero-order chi connectivity index (χ0) is 8.86. The molecule has 1 aliphatic rings. The van der Waals surface area contributed by atoms with Gasteiger partial charge in [-0.15, -0.1) is 12.3 Å². The second-order valence-electron chi connectivity index (χ2n) is 3.37. The van der Waals surface area contributed by atoms with E-state index in [0.717, 1.165) is 19.5 Å². The van der Waals surface area contributed by atoms with Crippen LogP contribution >= 0.6 is 11.8 Å². The molecule has 1 rings (SSSR count). The zero-order valence-corrected chi connectivity index (χ0v) is 8.54. The van der Waals surface area contributed by atoms with Crippen molar-refractivity contribution in [3.05, 3.63) is 0 Å². The van der Waals surface area contributed by atoms with Gasteiger partial charge >= 0.3 is 0 Å². The van der Waals surface area contributed by atoms with E-state index in [9.17, 15) is 0 Å². The lowest BCUT2D eigenvalue weighted by atomic mass is 9.84. The van der Waals surface area contributed by atoms with E-state index >= 15 is 0 Å². The van der Waals surface area contributed by atoms with E-state index in [-0.39, 0.29) is 0 Å². The standard InChI is InChI=1S/C10H17NS/c1-3-4-8-11-9-10(12-2)6-5-7-10/h1,11H,4-9H2,2H3. The average molecular weight is 183 g/mol. The predicted octanol–water partition coefficient (Wildman–Crippen LogP) is 1.88. The van der Waals surface area contributed by atoms with Crippen LogP contribution in [-0.4, -0.2) is 24.1 Å². The van der Waals surface area contributed by atoms with Crippen LogP contribution in [0.15, 0.2) is 0 Å². The minimum absolute atomic E-state index is 0.550. The molecule has 0 bridgehead atoms. The van der Waals surface area contributed by atoms with E-state index in [1.165, 1.54) is 19.3 Å². The second kappa shape index (κ2) is 4.79. The topological polar surface area (TPSA) is 12.0 Å². The van der Waals surface area contributed by atoms with Crippen LogP contribution in [-0.2, 0) is 0 Å². The fourth-order valence-corrected chi connectivity index (χ4v) is 2.44. The monoisotopic (exact) mass is 183 g/mol. The van der Waals surface area contributed by atoms with Crippen LogP contribution in [0, 0.1) is 12.3 Å². The van der Waals surface area contributed by atoms with E-state index in [2.05, 4.69) is 17.5 Å².